The van der Waals surface area contributed by atoms with Crippen molar-refractivity contribution in [1.29, 1.82) is 0 Å². The molecular weight excluding hydrogens is 254 g/mol. The van der Waals surface area contributed by atoms with Gasteiger partial charge in [0.1, 0.15) is 0 Å². The molecule has 2 N–H and O–H groups in total. The number of aromatic amines is 1. The maximum atomic E-state index is 12.0. The van der Waals surface area contributed by atoms with Gasteiger partial charge in [0.25, 0.3) is 5.91 Å². The quantitative estimate of drug-likeness (QED) is 0.826. The molecule has 6 heteroatoms. The molecule has 0 aromatic carbocycles. The molecule has 0 aliphatic heterocycles. The van der Waals surface area contributed by atoms with Crippen LogP contribution in [0.1, 0.15) is 46.6 Å². The number of amides is 1. The van der Waals surface area contributed by atoms with Crippen molar-refractivity contribution < 1.29 is 4.79 Å². The Morgan fingerprint density at radius 2 is 2.15 bits per heavy atom. The van der Waals surface area contributed by atoms with Crippen LogP contribution in [0.25, 0.3) is 0 Å². The van der Waals surface area contributed by atoms with Crippen LogP contribution in [0.3, 0.4) is 0 Å². The van der Waals surface area contributed by atoms with E-state index in [-0.39, 0.29) is 5.91 Å². The highest BCUT2D eigenvalue weighted by Crippen LogP contribution is 2.21. The second kappa shape index (κ2) is 5.81. The molecule has 2 heterocycles. The van der Waals surface area contributed by atoms with Crippen LogP contribution < -0.4 is 5.32 Å². The Morgan fingerprint density at radius 1 is 1.25 bits per heavy atom. The number of aromatic nitrogens is 4. The van der Waals surface area contributed by atoms with Gasteiger partial charge in [-0.2, -0.15) is 15.3 Å². The number of hydrogen-bond acceptors (Lipinski definition) is 4. The Kier molecular flexibility index (Phi) is 3.71. The summed E-state index contributed by atoms with van der Waals surface area (Å²) < 4.78 is 0. The molecule has 20 heavy (non-hydrogen) atoms. The van der Waals surface area contributed by atoms with Crippen molar-refractivity contribution in [3.63, 3.8) is 0 Å². The van der Waals surface area contributed by atoms with Crippen molar-refractivity contribution in [2.75, 3.05) is 0 Å². The molecule has 104 valence electrons. The molecule has 0 saturated carbocycles. The summed E-state index contributed by atoms with van der Waals surface area (Å²) in [7, 11) is 0. The number of H-pyrrole nitrogens is 1. The number of nitrogens with one attached hydrogen (secondary N) is 2. The molecule has 0 fully saturated rings. The van der Waals surface area contributed by atoms with Crippen molar-refractivity contribution in [3.8, 4) is 0 Å². The van der Waals surface area contributed by atoms with Gasteiger partial charge in [0, 0.05) is 5.69 Å². The van der Waals surface area contributed by atoms with Crippen molar-refractivity contribution in [3.05, 3.63) is 41.0 Å². The number of nitrogens with zero attached hydrogens (tertiary/aromatic N) is 3. The fraction of sp³-hybridized carbons (Fsp3) is 0.429. The second-order valence-corrected chi connectivity index (χ2v) is 5.00. The van der Waals surface area contributed by atoms with Crippen LogP contribution in [-0.2, 0) is 19.4 Å². The smallest absolute Gasteiger partial charge is 0.253 e. The zero-order valence-electron chi connectivity index (χ0n) is 11.2. The van der Waals surface area contributed by atoms with E-state index in [1.165, 1.54) is 42.9 Å². The molecule has 0 atom stereocenters. The third kappa shape index (κ3) is 2.68. The molecule has 0 bridgehead atoms. The van der Waals surface area contributed by atoms with Gasteiger partial charge in [0.05, 0.1) is 30.2 Å². The summed E-state index contributed by atoms with van der Waals surface area (Å²) >= 11 is 0. The molecule has 0 spiro atoms. The van der Waals surface area contributed by atoms with Gasteiger partial charge in [0.15, 0.2) is 0 Å². The summed E-state index contributed by atoms with van der Waals surface area (Å²) in [6, 6.07) is 1.65. The first-order chi connectivity index (χ1) is 9.84. The third-order valence-corrected chi connectivity index (χ3v) is 3.65. The molecule has 6 nitrogen and oxygen atoms in total. The normalized spacial score (nSPS) is 14.4. The Bertz CT molecular complexity index is 593. The van der Waals surface area contributed by atoms with E-state index in [1.54, 1.807) is 6.07 Å². The standard InChI is InChI=1S/C14H17N5O/c20-14(10-6-7-16-17-8-10)15-9-13-11-4-2-1-3-5-12(11)18-19-13/h6-8H,1-5,9H2,(H,15,20)(H,18,19). The number of carbonyl (C=O) groups is 1. The highest BCUT2D eigenvalue weighted by atomic mass is 16.1. The lowest BCUT2D eigenvalue weighted by molar-refractivity contribution is 0.0950. The first-order valence-electron chi connectivity index (χ1n) is 6.94. The number of rotatable bonds is 3. The zero-order chi connectivity index (χ0) is 13.8. The fourth-order valence-electron chi connectivity index (χ4n) is 2.56. The lowest BCUT2D eigenvalue weighted by atomic mass is 10.1. The summed E-state index contributed by atoms with van der Waals surface area (Å²) in [5.74, 6) is -0.148. The van der Waals surface area contributed by atoms with Gasteiger partial charge in [-0.25, -0.2) is 0 Å². The molecule has 1 aliphatic rings. The Morgan fingerprint density at radius 3 is 3.00 bits per heavy atom. The summed E-state index contributed by atoms with van der Waals surface area (Å²) in [6.45, 7) is 0.451. The predicted molar refractivity (Wildman–Crippen MR) is 73.0 cm³/mol. The molecule has 1 aliphatic carbocycles. The minimum atomic E-state index is -0.148. The first kappa shape index (κ1) is 12.8. The van der Waals surface area contributed by atoms with Crippen molar-refractivity contribution in [1.82, 2.24) is 25.7 Å². The summed E-state index contributed by atoms with van der Waals surface area (Å²) in [4.78, 5) is 12.0. The van der Waals surface area contributed by atoms with Gasteiger partial charge in [0.2, 0.25) is 0 Å². The SMILES string of the molecule is O=C(NCc1n[nH]c2c1CCCCC2)c1ccnnc1. The number of fused-ring (bicyclic) bond motifs is 1. The van der Waals surface area contributed by atoms with Gasteiger partial charge in [-0.05, 0) is 37.3 Å². The summed E-state index contributed by atoms with van der Waals surface area (Å²) in [5.41, 5.74) is 3.99. The van der Waals surface area contributed by atoms with Crippen LogP contribution in [0.2, 0.25) is 0 Å². The van der Waals surface area contributed by atoms with E-state index in [9.17, 15) is 4.79 Å². The van der Waals surface area contributed by atoms with E-state index < -0.39 is 0 Å². The van der Waals surface area contributed by atoms with E-state index >= 15 is 0 Å². The summed E-state index contributed by atoms with van der Waals surface area (Å²) in [6.07, 6.45) is 8.75. The van der Waals surface area contributed by atoms with Crippen molar-refractivity contribution in [2.45, 2.75) is 38.6 Å². The minimum Gasteiger partial charge on any atom is -0.346 e. The zero-order valence-corrected chi connectivity index (χ0v) is 11.2. The topological polar surface area (TPSA) is 83.6 Å². The molecule has 0 saturated heterocycles. The number of carbonyl (C=O) groups excluding carboxylic acids is 1. The van der Waals surface area contributed by atoms with E-state index in [0.717, 1.165) is 18.5 Å². The van der Waals surface area contributed by atoms with E-state index in [4.69, 9.17) is 0 Å². The van der Waals surface area contributed by atoms with Crippen LogP contribution in [0.4, 0.5) is 0 Å². The van der Waals surface area contributed by atoms with Crippen LogP contribution in [-0.4, -0.2) is 26.3 Å². The molecule has 2 aromatic heterocycles. The Hall–Kier alpha value is -2.24. The summed E-state index contributed by atoms with van der Waals surface area (Å²) in [5, 5.41) is 17.7. The van der Waals surface area contributed by atoms with Crippen molar-refractivity contribution >= 4 is 5.91 Å². The van der Waals surface area contributed by atoms with E-state index in [2.05, 4.69) is 25.7 Å². The van der Waals surface area contributed by atoms with Crippen molar-refractivity contribution in [2.24, 2.45) is 0 Å². The average molecular weight is 271 g/mol. The van der Waals surface area contributed by atoms with Gasteiger partial charge in [-0.15, -0.1) is 0 Å². The number of hydrogen-bond donors (Lipinski definition) is 2. The van der Waals surface area contributed by atoms with Gasteiger partial charge >= 0.3 is 0 Å². The molecule has 0 radical (unpaired) electrons. The third-order valence-electron chi connectivity index (χ3n) is 3.65. The van der Waals surface area contributed by atoms with E-state index in [1.807, 2.05) is 0 Å². The molecule has 1 amide bonds. The molecule has 0 unspecified atom stereocenters. The number of aryl methyl sites for hydroxylation is 1. The monoisotopic (exact) mass is 271 g/mol. The second-order valence-electron chi connectivity index (χ2n) is 5.00. The highest BCUT2D eigenvalue weighted by Gasteiger charge is 2.16. The molecule has 2 aromatic rings. The lowest BCUT2D eigenvalue weighted by Crippen LogP contribution is -2.23. The Balaban J connectivity index is 1.67. The lowest BCUT2D eigenvalue weighted by Gasteiger charge is -2.05. The largest absolute Gasteiger partial charge is 0.346 e. The van der Waals surface area contributed by atoms with Crippen LogP contribution in [0, 0.1) is 0 Å². The van der Waals surface area contributed by atoms with Gasteiger partial charge in [-0.1, -0.05) is 6.42 Å². The first-order valence-corrected chi connectivity index (χ1v) is 6.94. The Labute approximate surface area is 117 Å². The molecular formula is C14H17N5O. The van der Waals surface area contributed by atoms with E-state index in [0.29, 0.717) is 12.1 Å². The fourth-order valence-corrected chi connectivity index (χ4v) is 2.56. The highest BCUT2D eigenvalue weighted by molar-refractivity contribution is 5.93. The van der Waals surface area contributed by atoms with Crippen LogP contribution in [0.5, 0.6) is 0 Å². The minimum absolute atomic E-state index is 0.148. The van der Waals surface area contributed by atoms with Crippen LogP contribution in [0.15, 0.2) is 18.5 Å². The maximum absolute atomic E-state index is 12.0. The predicted octanol–water partition coefficient (Wildman–Crippen LogP) is 1.40. The van der Waals surface area contributed by atoms with Gasteiger partial charge < -0.3 is 5.32 Å². The average Bonchev–Trinajstić information content (AvgIpc) is 2.72. The maximum Gasteiger partial charge on any atom is 0.253 e. The molecule has 3 rings (SSSR count). The van der Waals surface area contributed by atoms with Crippen LogP contribution >= 0.6 is 0 Å². The van der Waals surface area contributed by atoms with Gasteiger partial charge in [-0.3, -0.25) is 9.89 Å².